The van der Waals surface area contributed by atoms with E-state index >= 15 is 0 Å². The third-order valence-corrected chi connectivity index (χ3v) is 12.7. The van der Waals surface area contributed by atoms with Gasteiger partial charge in [0.2, 0.25) is 0 Å². The van der Waals surface area contributed by atoms with Crippen LogP contribution in [0.1, 0.15) is 67.3 Å². The molecule has 3 heterocycles. The Balaban J connectivity index is 0.00000471. The number of hydrogen-bond acceptors (Lipinski definition) is 3. The number of hydrogen-bond donors (Lipinski definition) is 0. The summed E-state index contributed by atoms with van der Waals surface area (Å²) < 4.78 is 11.5. The Morgan fingerprint density at radius 2 is 1.27 bits per heavy atom. The van der Waals surface area contributed by atoms with Gasteiger partial charge in [0.15, 0.2) is 0 Å². The van der Waals surface area contributed by atoms with Crippen LogP contribution in [0.2, 0.25) is 0 Å². The Labute approximate surface area is 382 Å². The monoisotopic (exact) mass is 997 g/mol. The summed E-state index contributed by atoms with van der Waals surface area (Å²) in [7, 11) is 0. The van der Waals surface area contributed by atoms with Crippen LogP contribution in [-0.2, 0) is 21.1 Å². The largest absolute Gasteiger partial charge is 2.00 e. The third-order valence-electron chi connectivity index (χ3n) is 12.7. The molecule has 5 nitrogen and oxygen atoms in total. The van der Waals surface area contributed by atoms with E-state index in [1.165, 1.54) is 49.8 Å². The van der Waals surface area contributed by atoms with Crippen LogP contribution >= 0.6 is 0 Å². The Morgan fingerprint density at radius 1 is 0.556 bits per heavy atom. The molecule has 0 fully saturated rings. The Kier molecular flexibility index (Phi) is 10.1. The maximum Gasteiger partial charge on any atom is 2.00 e. The molecule has 0 saturated heterocycles. The number of para-hydroxylation sites is 2. The standard InChI is InChI=1S/C57H46N4O.Pt/c1-33(2)45-30-41(38-16-9-8-10-17-38)31-46(34(3)4)55(45)61-50-23-14-13-22-49(50)58-56(61)40-19-15-20-42(29-40)62-43-26-37(7)53-47-27-35(5)36(6)28-52(47)60-51-25-24-39-18-11-12-21-44(39)54(51)59-57(60)48(53)32-43;/h8-28,30-31,33-34H,1-7H3;/q-2;+2. The number of aryl methyl sites for hydroxylation is 3. The van der Waals surface area contributed by atoms with Crippen LogP contribution in [0.15, 0.2) is 140 Å². The summed E-state index contributed by atoms with van der Waals surface area (Å²) in [4.78, 5) is 10.7. The Hall–Kier alpha value is -6.55. The van der Waals surface area contributed by atoms with Gasteiger partial charge in [-0.2, -0.15) is 0 Å². The van der Waals surface area contributed by atoms with Crippen LogP contribution in [0.5, 0.6) is 11.5 Å². The van der Waals surface area contributed by atoms with Crippen molar-refractivity contribution in [2.75, 3.05) is 0 Å². The number of pyridine rings is 1. The summed E-state index contributed by atoms with van der Waals surface area (Å²) in [6.07, 6.45) is 0. The molecule has 0 bridgehead atoms. The molecule has 6 heteroatoms. The zero-order valence-electron chi connectivity index (χ0n) is 36.4. The molecule has 11 aromatic rings. The molecule has 11 rings (SSSR count). The minimum Gasteiger partial charge on any atom is -0.497 e. The molecule has 0 spiro atoms. The van der Waals surface area contributed by atoms with Gasteiger partial charge in [-0.1, -0.05) is 142 Å². The molecule has 310 valence electrons. The molecule has 0 radical (unpaired) electrons. The number of aromatic nitrogens is 4. The number of benzene rings is 8. The first kappa shape index (κ1) is 40.5. The van der Waals surface area contributed by atoms with Crippen LogP contribution in [0, 0.1) is 32.9 Å². The van der Waals surface area contributed by atoms with Crippen molar-refractivity contribution in [2.45, 2.75) is 60.3 Å². The molecule has 0 aliphatic rings. The Bertz CT molecular complexity index is 3570. The van der Waals surface area contributed by atoms with Gasteiger partial charge >= 0.3 is 21.1 Å². The second-order valence-corrected chi connectivity index (χ2v) is 17.4. The topological polar surface area (TPSA) is 44.3 Å². The molecular weight excluding hydrogens is 952 g/mol. The second kappa shape index (κ2) is 15.7. The molecule has 0 amide bonds. The first-order valence-electron chi connectivity index (χ1n) is 21.6. The molecule has 0 unspecified atom stereocenters. The van der Waals surface area contributed by atoms with Crippen LogP contribution in [0.3, 0.4) is 0 Å². The van der Waals surface area contributed by atoms with E-state index in [-0.39, 0.29) is 32.9 Å². The van der Waals surface area contributed by atoms with Crippen molar-refractivity contribution in [1.29, 1.82) is 0 Å². The van der Waals surface area contributed by atoms with Gasteiger partial charge in [0.05, 0.1) is 33.5 Å². The number of ether oxygens (including phenoxy) is 1. The maximum atomic E-state index is 6.80. The van der Waals surface area contributed by atoms with E-state index in [4.69, 9.17) is 14.7 Å². The van der Waals surface area contributed by atoms with E-state index in [0.717, 1.165) is 66.3 Å². The normalized spacial score (nSPS) is 11.9. The first-order chi connectivity index (χ1) is 30.1. The van der Waals surface area contributed by atoms with Gasteiger partial charge in [0.25, 0.3) is 0 Å². The average molecular weight is 998 g/mol. The van der Waals surface area contributed by atoms with E-state index in [2.05, 4.69) is 197 Å². The van der Waals surface area contributed by atoms with E-state index in [1.807, 2.05) is 12.1 Å². The third kappa shape index (κ3) is 6.64. The molecule has 0 saturated carbocycles. The van der Waals surface area contributed by atoms with E-state index < -0.39 is 0 Å². The van der Waals surface area contributed by atoms with E-state index in [0.29, 0.717) is 11.5 Å². The zero-order valence-corrected chi connectivity index (χ0v) is 38.7. The minimum atomic E-state index is 0. The minimum absolute atomic E-state index is 0. The van der Waals surface area contributed by atoms with Crippen molar-refractivity contribution in [3.63, 3.8) is 0 Å². The summed E-state index contributed by atoms with van der Waals surface area (Å²) in [5.41, 5.74) is 16.6. The van der Waals surface area contributed by atoms with Crippen molar-refractivity contribution in [3.8, 4) is 39.7 Å². The van der Waals surface area contributed by atoms with Gasteiger partial charge in [-0.3, -0.25) is 9.97 Å². The maximum absolute atomic E-state index is 6.80. The molecule has 0 N–H and O–H groups in total. The molecule has 0 aliphatic carbocycles. The van der Waals surface area contributed by atoms with Crippen molar-refractivity contribution in [2.24, 2.45) is 0 Å². The average Bonchev–Trinajstić information content (AvgIpc) is 3.87. The van der Waals surface area contributed by atoms with Crippen LogP contribution in [0.4, 0.5) is 0 Å². The second-order valence-electron chi connectivity index (χ2n) is 17.4. The molecule has 63 heavy (non-hydrogen) atoms. The van der Waals surface area contributed by atoms with Gasteiger partial charge in [0.1, 0.15) is 0 Å². The first-order valence-corrected chi connectivity index (χ1v) is 21.6. The van der Waals surface area contributed by atoms with Crippen molar-refractivity contribution in [1.82, 2.24) is 18.9 Å². The number of rotatable bonds is 7. The SMILES string of the molecule is Cc1cc2c3c(C)cc(Oc4[c-]c(-c5nc6ccccc6n5-c5c(C(C)C)cc(-c6ccccc6)cc5C(C)C)ccc4)[c-]c3c3nc4c5ccccc5ccc4n3c2cc1C.[Pt+2]. The molecule has 3 aromatic heterocycles. The van der Waals surface area contributed by atoms with Gasteiger partial charge < -0.3 is 13.7 Å². The van der Waals surface area contributed by atoms with Crippen LogP contribution in [0.25, 0.3) is 88.4 Å². The zero-order chi connectivity index (χ0) is 42.4. The van der Waals surface area contributed by atoms with E-state index in [9.17, 15) is 0 Å². The van der Waals surface area contributed by atoms with E-state index in [1.54, 1.807) is 0 Å². The predicted octanol–water partition coefficient (Wildman–Crippen LogP) is 15.2. The van der Waals surface area contributed by atoms with Crippen LogP contribution in [-0.4, -0.2) is 18.9 Å². The van der Waals surface area contributed by atoms with Gasteiger partial charge in [-0.05, 0) is 106 Å². The Morgan fingerprint density at radius 3 is 2.05 bits per heavy atom. The number of fused-ring (bicyclic) bond motifs is 11. The molecule has 0 aliphatic heterocycles. The van der Waals surface area contributed by atoms with Gasteiger partial charge in [-0.25, -0.2) is 0 Å². The molecular formula is C57H46N4OPt. The van der Waals surface area contributed by atoms with Crippen molar-refractivity contribution in [3.05, 3.63) is 179 Å². The summed E-state index contributed by atoms with van der Waals surface area (Å²) in [6.45, 7) is 15.7. The van der Waals surface area contributed by atoms with Crippen molar-refractivity contribution < 1.29 is 25.8 Å². The van der Waals surface area contributed by atoms with Crippen molar-refractivity contribution >= 4 is 60.2 Å². The van der Waals surface area contributed by atoms with Gasteiger partial charge in [-0.15, -0.1) is 29.3 Å². The summed E-state index contributed by atoms with van der Waals surface area (Å²) in [5.74, 6) is 2.54. The van der Waals surface area contributed by atoms with Gasteiger partial charge in [0, 0.05) is 28.1 Å². The molecule has 8 aromatic carbocycles. The fourth-order valence-electron chi connectivity index (χ4n) is 9.47. The fourth-order valence-corrected chi connectivity index (χ4v) is 9.47. The number of nitrogens with zero attached hydrogens (tertiary/aromatic N) is 4. The summed E-state index contributed by atoms with van der Waals surface area (Å²) >= 11 is 0. The number of imidazole rings is 2. The summed E-state index contributed by atoms with van der Waals surface area (Å²) in [6, 6.07) is 56.9. The smallest absolute Gasteiger partial charge is 0.497 e. The van der Waals surface area contributed by atoms with Crippen LogP contribution < -0.4 is 4.74 Å². The predicted molar refractivity (Wildman–Crippen MR) is 257 cm³/mol. The fraction of sp³-hybridized carbons (Fsp3) is 0.158. The summed E-state index contributed by atoms with van der Waals surface area (Å²) in [5, 5.41) is 5.54. The quantitative estimate of drug-likeness (QED) is 0.118. The molecule has 0 atom stereocenters.